The van der Waals surface area contributed by atoms with Crippen molar-refractivity contribution in [3.05, 3.63) is 35.2 Å². The van der Waals surface area contributed by atoms with E-state index in [0.29, 0.717) is 0 Å². The summed E-state index contributed by atoms with van der Waals surface area (Å²) in [5, 5.41) is 15.7. The summed E-state index contributed by atoms with van der Waals surface area (Å²) in [6, 6.07) is 1.11. The van der Waals surface area contributed by atoms with Crippen molar-refractivity contribution in [3.8, 4) is 17.5 Å². The number of aromatic nitrogens is 3. The maximum Gasteiger partial charge on any atom is 0.422 e. The van der Waals surface area contributed by atoms with Gasteiger partial charge in [0, 0.05) is 11.8 Å². The van der Waals surface area contributed by atoms with E-state index in [1.165, 1.54) is 0 Å². The van der Waals surface area contributed by atoms with Gasteiger partial charge in [0.15, 0.2) is 0 Å². The number of alkyl halides is 3. The Hall–Kier alpha value is -2.91. The lowest BCUT2D eigenvalue weighted by Crippen LogP contribution is -2.13. The summed E-state index contributed by atoms with van der Waals surface area (Å²) in [6.45, 7) is 1.14. The van der Waals surface area contributed by atoms with Crippen LogP contribution in [0.15, 0.2) is 18.5 Å². The molecule has 0 atom stereocenters. The Morgan fingerprint density at radius 3 is 2.43 bits per heavy atom. The summed E-state index contributed by atoms with van der Waals surface area (Å²) >= 11 is 0. The van der Waals surface area contributed by atoms with Crippen LogP contribution >= 0.6 is 0 Å². The van der Waals surface area contributed by atoms with E-state index in [4.69, 9.17) is 9.84 Å². The van der Waals surface area contributed by atoms with Crippen LogP contribution < -0.4 is 9.47 Å². The predicted molar refractivity (Wildman–Crippen MR) is 69.6 cm³/mol. The van der Waals surface area contributed by atoms with E-state index in [1.54, 1.807) is 0 Å². The molecule has 7 nitrogen and oxygen atoms in total. The molecule has 0 aliphatic carbocycles. The lowest BCUT2D eigenvalue weighted by molar-refractivity contribution is -0.139. The number of ether oxygens (including phenoxy) is 2. The molecule has 0 radical (unpaired) electrons. The lowest BCUT2D eigenvalue weighted by atomic mass is 10.1. The van der Waals surface area contributed by atoms with E-state index in [2.05, 4.69) is 19.9 Å². The number of carboxylic acids is 1. The third kappa shape index (κ3) is 3.47. The Morgan fingerprint density at radius 2 is 1.87 bits per heavy atom. The average molecular weight is 329 g/mol. The zero-order valence-electron chi connectivity index (χ0n) is 11.9. The lowest BCUT2D eigenvalue weighted by Gasteiger charge is -2.15. The van der Waals surface area contributed by atoms with Crippen molar-refractivity contribution >= 4 is 5.97 Å². The molecule has 0 amide bonds. The number of halogens is 3. The van der Waals surface area contributed by atoms with Gasteiger partial charge in [-0.25, -0.2) is 4.79 Å². The molecule has 0 aromatic carbocycles. The minimum atomic E-state index is -4.72. The number of rotatable bonds is 4. The van der Waals surface area contributed by atoms with Gasteiger partial charge in [-0.15, -0.1) is 10.2 Å². The van der Waals surface area contributed by atoms with E-state index in [0.717, 1.165) is 32.5 Å². The molecular formula is C13H10F3N3O4. The molecule has 0 fully saturated rings. The molecule has 0 saturated heterocycles. The van der Waals surface area contributed by atoms with Crippen molar-refractivity contribution in [2.45, 2.75) is 13.1 Å². The summed E-state index contributed by atoms with van der Waals surface area (Å²) in [5.41, 5.74) is -1.64. The molecule has 0 aliphatic heterocycles. The third-order valence-electron chi connectivity index (χ3n) is 2.79. The molecule has 2 aromatic rings. The quantitative estimate of drug-likeness (QED) is 0.921. The van der Waals surface area contributed by atoms with Gasteiger partial charge in [-0.3, -0.25) is 4.98 Å². The molecular weight excluding hydrogens is 319 g/mol. The molecule has 122 valence electrons. The minimum Gasteiger partial charge on any atom is -0.479 e. The number of pyridine rings is 1. The topological polar surface area (TPSA) is 94.4 Å². The average Bonchev–Trinajstić information content (AvgIpc) is 2.48. The number of hydrogen-bond acceptors (Lipinski definition) is 6. The van der Waals surface area contributed by atoms with Crippen LogP contribution in [0.4, 0.5) is 13.2 Å². The summed E-state index contributed by atoms with van der Waals surface area (Å²) in [4.78, 5) is 14.5. The van der Waals surface area contributed by atoms with Crippen LogP contribution in [0.5, 0.6) is 17.5 Å². The minimum absolute atomic E-state index is 0.0828. The molecule has 2 heterocycles. The van der Waals surface area contributed by atoms with Crippen LogP contribution in [0.3, 0.4) is 0 Å². The SMILES string of the molecule is COc1nnc(Oc2cncc(C(=O)O)c2)c(C)c1C(F)(F)F. The first-order valence-corrected chi connectivity index (χ1v) is 6.08. The summed E-state index contributed by atoms with van der Waals surface area (Å²) in [5.74, 6) is -2.45. The molecule has 0 unspecified atom stereocenters. The molecule has 1 N–H and O–H groups in total. The number of aromatic carboxylic acids is 1. The maximum atomic E-state index is 13.1. The first-order valence-electron chi connectivity index (χ1n) is 6.08. The smallest absolute Gasteiger partial charge is 0.422 e. The van der Waals surface area contributed by atoms with Crippen molar-refractivity contribution in [2.75, 3.05) is 7.11 Å². The van der Waals surface area contributed by atoms with Gasteiger partial charge in [-0.05, 0) is 13.0 Å². The van der Waals surface area contributed by atoms with E-state index in [-0.39, 0.29) is 16.9 Å². The van der Waals surface area contributed by atoms with Crippen LogP contribution in [0.1, 0.15) is 21.5 Å². The highest BCUT2D eigenvalue weighted by molar-refractivity contribution is 5.87. The monoisotopic (exact) mass is 329 g/mol. The summed E-state index contributed by atoms with van der Waals surface area (Å²) < 4.78 is 49.0. The normalized spacial score (nSPS) is 11.2. The van der Waals surface area contributed by atoms with Crippen LogP contribution in [0, 0.1) is 6.92 Å². The number of methoxy groups -OCH3 is 1. The number of hydrogen-bond donors (Lipinski definition) is 1. The molecule has 2 aromatic heterocycles. The molecule has 10 heteroatoms. The van der Waals surface area contributed by atoms with Gasteiger partial charge in [-0.1, -0.05) is 0 Å². The second-order valence-electron chi connectivity index (χ2n) is 4.33. The van der Waals surface area contributed by atoms with Crippen molar-refractivity contribution < 1.29 is 32.5 Å². The molecule has 23 heavy (non-hydrogen) atoms. The summed E-state index contributed by atoms with van der Waals surface area (Å²) in [7, 11) is 1.04. The zero-order valence-corrected chi connectivity index (χ0v) is 11.9. The van der Waals surface area contributed by atoms with Gasteiger partial charge in [0.2, 0.25) is 11.8 Å². The van der Waals surface area contributed by atoms with Gasteiger partial charge in [0.05, 0.1) is 18.9 Å². The van der Waals surface area contributed by atoms with Crippen molar-refractivity contribution in [2.24, 2.45) is 0 Å². The predicted octanol–water partition coefficient (Wildman–Crippen LogP) is 2.70. The Morgan fingerprint density at radius 1 is 1.22 bits per heavy atom. The number of carboxylic acid groups (broad SMARTS) is 1. The molecule has 0 aliphatic rings. The Labute approximate surface area is 127 Å². The first-order chi connectivity index (χ1) is 10.7. The second kappa shape index (κ2) is 6.07. The first kappa shape index (κ1) is 16.5. The van der Waals surface area contributed by atoms with Crippen LogP contribution in [-0.2, 0) is 6.18 Å². The number of nitrogens with zero attached hydrogens (tertiary/aromatic N) is 3. The van der Waals surface area contributed by atoms with Crippen molar-refractivity contribution in [3.63, 3.8) is 0 Å². The third-order valence-corrected chi connectivity index (χ3v) is 2.79. The van der Waals surface area contributed by atoms with Gasteiger partial charge in [-0.2, -0.15) is 13.2 Å². The van der Waals surface area contributed by atoms with Crippen molar-refractivity contribution in [1.82, 2.24) is 15.2 Å². The fraction of sp³-hybridized carbons (Fsp3) is 0.231. The highest BCUT2D eigenvalue weighted by Crippen LogP contribution is 2.40. The van der Waals surface area contributed by atoms with Gasteiger partial charge in [0.1, 0.15) is 11.3 Å². The van der Waals surface area contributed by atoms with E-state index in [9.17, 15) is 18.0 Å². The molecule has 0 saturated carbocycles. The second-order valence-corrected chi connectivity index (χ2v) is 4.33. The molecule has 0 bridgehead atoms. The summed E-state index contributed by atoms with van der Waals surface area (Å²) in [6.07, 6.45) is -2.50. The number of carbonyl (C=O) groups is 1. The highest BCUT2D eigenvalue weighted by Gasteiger charge is 2.39. The zero-order chi connectivity index (χ0) is 17.2. The van der Waals surface area contributed by atoms with Gasteiger partial charge >= 0.3 is 12.1 Å². The van der Waals surface area contributed by atoms with Crippen LogP contribution in [0.25, 0.3) is 0 Å². The Balaban J connectivity index is 2.45. The van der Waals surface area contributed by atoms with E-state index < -0.39 is 29.5 Å². The fourth-order valence-corrected chi connectivity index (χ4v) is 1.76. The van der Waals surface area contributed by atoms with Gasteiger partial charge in [0.25, 0.3) is 0 Å². The standard InChI is InChI=1S/C13H10F3N3O4/c1-6-9(13(14,15)16)11(22-2)19-18-10(6)23-8-3-7(12(20)21)4-17-5-8/h3-5H,1-2H3,(H,20,21). The Kier molecular flexibility index (Phi) is 4.34. The fourth-order valence-electron chi connectivity index (χ4n) is 1.76. The molecule has 0 spiro atoms. The molecule has 2 rings (SSSR count). The largest absolute Gasteiger partial charge is 0.479 e. The van der Waals surface area contributed by atoms with Gasteiger partial charge < -0.3 is 14.6 Å². The van der Waals surface area contributed by atoms with Crippen molar-refractivity contribution in [1.29, 1.82) is 0 Å². The van der Waals surface area contributed by atoms with Crippen LogP contribution in [0.2, 0.25) is 0 Å². The van der Waals surface area contributed by atoms with E-state index >= 15 is 0 Å². The van der Waals surface area contributed by atoms with Crippen LogP contribution in [-0.4, -0.2) is 33.4 Å². The maximum absolute atomic E-state index is 13.1. The highest BCUT2D eigenvalue weighted by atomic mass is 19.4. The van der Waals surface area contributed by atoms with E-state index in [1.807, 2.05) is 0 Å². The Bertz CT molecular complexity index is 750.